The molecule has 2 atom stereocenters. The van der Waals surface area contributed by atoms with Crippen LogP contribution in [-0.4, -0.2) is 49.7 Å². The summed E-state index contributed by atoms with van der Waals surface area (Å²) < 4.78 is 5.24. The highest BCUT2D eigenvalue weighted by Gasteiger charge is 2.31. The molecule has 162 valence electrons. The van der Waals surface area contributed by atoms with Crippen molar-refractivity contribution in [3.63, 3.8) is 0 Å². The standard InChI is InChI=1S/C21H33N5OS.HI/c1-15-18(16(2)27-25-15)9-5-11-23-21(22-3)24-14-17-8-6-12-26(4)20(17)19-10-7-13-28-19;/h7,10,13,17,20H,5-6,8-9,11-12,14H2,1-4H3,(H2,22,23,24);1H. The van der Waals surface area contributed by atoms with Crippen LogP contribution >= 0.6 is 35.3 Å². The van der Waals surface area contributed by atoms with Gasteiger partial charge in [-0.15, -0.1) is 35.3 Å². The van der Waals surface area contributed by atoms with E-state index in [4.69, 9.17) is 4.52 Å². The largest absolute Gasteiger partial charge is 0.361 e. The number of guanidine groups is 1. The number of hydrogen-bond acceptors (Lipinski definition) is 5. The van der Waals surface area contributed by atoms with Crippen LogP contribution in [0.25, 0.3) is 0 Å². The molecule has 2 aromatic heterocycles. The number of rotatable bonds is 7. The molecule has 3 rings (SSSR count). The second kappa shape index (κ2) is 11.9. The Kier molecular flexibility index (Phi) is 9.91. The van der Waals surface area contributed by atoms with Gasteiger partial charge in [-0.25, -0.2) is 0 Å². The molecular formula is C21H34IN5OS. The van der Waals surface area contributed by atoms with Gasteiger partial charge in [0, 0.05) is 36.6 Å². The molecule has 3 heterocycles. The quantitative estimate of drug-likeness (QED) is 0.243. The minimum absolute atomic E-state index is 0. The fraction of sp³-hybridized carbons (Fsp3) is 0.619. The van der Waals surface area contributed by atoms with Gasteiger partial charge in [-0.1, -0.05) is 11.2 Å². The normalized spacial score (nSPS) is 20.3. The maximum absolute atomic E-state index is 5.24. The Labute approximate surface area is 195 Å². The molecule has 0 aromatic carbocycles. The van der Waals surface area contributed by atoms with Crippen molar-refractivity contribution >= 4 is 41.3 Å². The Hall–Kier alpha value is -1.13. The number of likely N-dealkylation sites (tertiary alicyclic amines) is 1. The minimum atomic E-state index is 0. The molecule has 6 nitrogen and oxygen atoms in total. The van der Waals surface area contributed by atoms with Crippen LogP contribution in [0.2, 0.25) is 0 Å². The number of thiophene rings is 1. The lowest BCUT2D eigenvalue weighted by atomic mass is 9.88. The SMILES string of the molecule is CN=C(NCCCc1c(C)noc1C)NCC1CCCN(C)C1c1cccs1.I. The fourth-order valence-electron chi connectivity index (χ4n) is 4.16. The maximum Gasteiger partial charge on any atom is 0.190 e. The highest BCUT2D eigenvalue weighted by Crippen LogP contribution is 2.36. The van der Waals surface area contributed by atoms with Crippen molar-refractivity contribution in [3.05, 3.63) is 39.4 Å². The average molecular weight is 532 g/mol. The molecule has 0 saturated carbocycles. The summed E-state index contributed by atoms with van der Waals surface area (Å²) in [5.41, 5.74) is 2.23. The van der Waals surface area contributed by atoms with E-state index in [1.165, 1.54) is 29.8 Å². The zero-order chi connectivity index (χ0) is 19.9. The molecule has 1 aliphatic rings. The Balaban J connectivity index is 0.00000300. The minimum Gasteiger partial charge on any atom is -0.361 e. The van der Waals surface area contributed by atoms with Crippen LogP contribution in [0.15, 0.2) is 27.0 Å². The zero-order valence-electron chi connectivity index (χ0n) is 17.9. The van der Waals surface area contributed by atoms with Crippen LogP contribution in [0.5, 0.6) is 0 Å². The van der Waals surface area contributed by atoms with Crippen molar-refractivity contribution < 1.29 is 4.52 Å². The van der Waals surface area contributed by atoms with Gasteiger partial charge in [0.1, 0.15) is 5.76 Å². The van der Waals surface area contributed by atoms with Gasteiger partial charge in [-0.2, -0.15) is 0 Å². The Morgan fingerprint density at radius 1 is 1.38 bits per heavy atom. The summed E-state index contributed by atoms with van der Waals surface area (Å²) in [5.74, 6) is 2.41. The predicted octanol–water partition coefficient (Wildman–Crippen LogP) is 4.15. The van der Waals surface area contributed by atoms with Gasteiger partial charge in [-0.3, -0.25) is 9.89 Å². The van der Waals surface area contributed by atoms with Crippen LogP contribution in [-0.2, 0) is 6.42 Å². The highest BCUT2D eigenvalue weighted by atomic mass is 127. The number of nitrogens with one attached hydrogen (secondary N) is 2. The van der Waals surface area contributed by atoms with Crippen molar-refractivity contribution in [2.24, 2.45) is 10.9 Å². The summed E-state index contributed by atoms with van der Waals surface area (Å²) in [6, 6.07) is 4.93. The smallest absolute Gasteiger partial charge is 0.190 e. The Bertz CT molecular complexity index is 742. The van der Waals surface area contributed by atoms with E-state index in [-0.39, 0.29) is 24.0 Å². The van der Waals surface area contributed by atoms with E-state index < -0.39 is 0 Å². The first-order valence-corrected chi connectivity index (χ1v) is 11.1. The van der Waals surface area contributed by atoms with Gasteiger partial charge in [-0.05, 0) is 70.5 Å². The third kappa shape index (κ3) is 6.42. The lowest BCUT2D eigenvalue weighted by molar-refractivity contribution is 0.125. The number of halogens is 1. The van der Waals surface area contributed by atoms with Crippen molar-refractivity contribution in [3.8, 4) is 0 Å². The van der Waals surface area contributed by atoms with E-state index >= 15 is 0 Å². The molecule has 0 amide bonds. The monoisotopic (exact) mass is 531 g/mol. The molecular weight excluding hydrogens is 497 g/mol. The topological polar surface area (TPSA) is 65.7 Å². The molecule has 1 aliphatic heterocycles. The molecule has 2 N–H and O–H groups in total. The molecule has 8 heteroatoms. The number of piperidine rings is 1. The Morgan fingerprint density at radius 3 is 2.86 bits per heavy atom. The van der Waals surface area contributed by atoms with Crippen LogP contribution in [0.4, 0.5) is 0 Å². The first kappa shape index (κ1) is 24.1. The molecule has 0 aliphatic carbocycles. The average Bonchev–Trinajstić information content (AvgIpc) is 3.32. The van der Waals surface area contributed by atoms with E-state index in [0.717, 1.165) is 43.3 Å². The Morgan fingerprint density at radius 2 is 2.21 bits per heavy atom. The van der Waals surface area contributed by atoms with E-state index in [9.17, 15) is 0 Å². The van der Waals surface area contributed by atoms with Crippen molar-refractivity contribution in [1.29, 1.82) is 0 Å². The van der Waals surface area contributed by atoms with Gasteiger partial charge < -0.3 is 15.2 Å². The zero-order valence-corrected chi connectivity index (χ0v) is 21.0. The molecule has 1 fully saturated rings. The van der Waals surface area contributed by atoms with Gasteiger partial charge >= 0.3 is 0 Å². The van der Waals surface area contributed by atoms with Crippen LogP contribution < -0.4 is 10.6 Å². The van der Waals surface area contributed by atoms with Crippen molar-refractivity contribution in [1.82, 2.24) is 20.7 Å². The summed E-state index contributed by atoms with van der Waals surface area (Å²) in [6.45, 7) is 6.98. The molecule has 29 heavy (non-hydrogen) atoms. The molecule has 2 unspecified atom stereocenters. The molecule has 0 radical (unpaired) electrons. The summed E-state index contributed by atoms with van der Waals surface area (Å²) in [5, 5.41) is 13.2. The van der Waals surface area contributed by atoms with Crippen LogP contribution in [0.3, 0.4) is 0 Å². The van der Waals surface area contributed by atoms with Crippen LogP contribution in [0.1, 0.15) is 47.2 Å². The molecule has 0 spiro atoms. The van der Waals surface area contributed by atoms with Gasteiger partial charge in [0.15, 0.2) is 5.96 Å². The van der Waals surface area contributed by atoms with E-state index in [0.29, 0.717) is 12.0 Å². The second-order valence-electron chi connectivity index (χ2n) is 7.63. The molecule has 0 bridgehead atoms. The van der Waals surface area contributed by atoms with Gasteiger partial charge in [0.05, 0.1) is 5.69 Å². The lowest BCUT2D eigenvalue weighted by Gasteiger charge is -2.39. The lowest BCUT2D eigenvalue weighted by Crippen LogP contribution is -2.45. The second-order valence-corrected chi connectivity index (χ2v) is 8.61. The predicted molar refractivity (Wildman–Crippen MR) is 131 cm³/mol. The van der Waals surface area contributed by atoms with Gasteiger partial charge in [0.2, 0.25) is 0 Å². The number of hydrogen-bond donors (Lipinski definition) is 2. The summed E-state index contributed by atoms with van der Waals surface area (Å²) >= 11 is 1.87. The number of nitrogens with zero attached hydrogens (tertiary/aromatic N) is 3. The van der Waals surface area contributed by atoms with Crippen LogP contribution in [0, 0.1) is 19.8 Å². The molecule has 2 aromatic rings. The highest BCUT2D eigenvalue weighted by molar-refractivity contribution is 14.0. The maximum atomic E-state index is 5.24. The fourth-order valence-corrected chi connectivity index (χ4v) is 5.14. The van der Waals surface area contributed by atoms with Crippen molar-refractivity contribution in [2.75, 3.05) is 33.7 Å². The number of aliphatic imine (C=N–C) groups is 1. The first-order valence-electron chi connectivity index (χ1n) is 10.2. The number of aromatic nitrogens is 1. The van der Waals surface area contributed by atoms with E-state index in [2.05, 4.69) is 50.2 Å². The van der Waals surface area contributed by atoms with E-state index in [1.54, 1.807) is 0 Å². The van der Waals surface area contributed by atoms with Gasteiger partial charge in [0.25, 0.3) is 0 Å². The van der Waals surface area contributed by atoms with E-state index in [1.807, 2.05) is 32.2 Å². The number of aryl methyl sites for hydroxylation is 2. The summed E-state index contributed by atoms with van der Waals surface area (Å²) in [6.07, 6.45) is 4.50. The first-order chi connectivity index (χ1) is 13.6. The molecule has 1 saturated heterocycles. The summed E-state index contributed by atoms with van der Waals surface area (Å²) in [7, 11) is 4.09. The van der Waals surface area contributed by atoms with Crippen molar-refractivity contribution in [2.45, 2.75) is 45.6 Å². The summed E-state index contributed by atoms with van der Waals surface area (Å²) in [4.78, 5) is 8.37. The third-order valence-corrected chi connectivity index (χ3v) is 6.62. The third-order valence-electron chi connectivity index (χ3n) is 5.67.